The van der Waals surface area contributed by atoms with Gasteiger partial charge in [0.2, 0.25) is 5.91 Å². The number of benzene rings is 2. The number of carbonyl (C=O) groups excluding carboxylic acids is 1. The number of carbonyl (C=O) groups is 1. The van der Waals surface area contributed by atoms with Gasteiger partial charge in [0.15, 0.2) is 0 Å². The average molecular weight is 369 g/mol. The molecule has 6 nitrogen and oxygen atoms in total. The van der Waals surface area contributed by atoms with E-state index in [1.54, 1.807) is 0 Å². The Kier molecular flexibility index (Phi) is 7.21. The van der Waals surface area contributed by atoms with Gasteiger partial charge in [-0.3, -0.25) is 9.69 Å². The maximum absolute atomic E-state index is 12.3. The third-order valence-corrected chi connectivity index (χ3v) is 4.59. The van der Waals surface area contributed by atoms with Crippen molar-refractivity contribution in [1.82, 2.24) is 10.2 Å². The summed E-state index contributed by atoms with van der Waals surface area (Å²) in [5, 5.41) is 2.89. The molecule has 1 aliphatic heterocycles. The highest BCUT2D eigenvalue weighted by molar-refractivity contribution is 5.82. The number of morpholine rings is 1. The second-order valence-corrected chi connectivity index (χ2v) is 6.56. The molecule has 0 bridgehead atoms. The van der Waals surface area contributed by atoms with Crippen LogP contribution in [0.2, 0.25) is 0 Å². The van der Waals surface area contributed by atoms with Crippen LogP contribution in [0.4, 0.5) is 0 Å². The van der Waals surface area contributed by atoms with E-state index in [2.05, 4.69) is 10.2 Å². The minimum atomic E-state index is -0.667. The number of nitrogens with zero attached hydrogens (tertiary/aromatic N) is 1. The monoisotopic (exact) mass is 369 g/mol. The lowest BCUT2D eigenvalue weighted by Crippen LogP contribution is -2.38. The predicted octanol–water partition coefficient (Wildman–Crippen LogP) is 1.71. The summed E-state index contributed by atoms with van der Waals surface area (Å²) in [7, 11) is 0. The van der Waals surface area contributed by atoms with Crippen molar-refractivity contribution in [1.29, 1.82) is 0 Å². The molecule has 0 spiro atoms. The molecule has 6 heteroatoms. The Morgan fingerprint density at radius 2 is 1.93 bits per heavy atom. The van der Waals surface area contributed by atoms with E-state index in [-0.39, 0.29) is 5.91 Å². The Morgan fingerprint density at radius 1 is 1.15 bits per heavy atom. The lowest BCUT2D eigenvalue weighted by molar-refractivity contribution is -0.122. The van der Waals surface area contributed by atoms with E-state index in [0.29, 0.717) is 13.2 Å². The van der Waals surface area contributed by atoms with Gasteiger partial charge in [0, 0.05) is 26.2 Å². The summed E-state index contributed by atoms with van der Waals surface area (Å²) < 4.78 is 11.2. The van der Waals surface area contributed by atoms with E-state index < -0.39 is 6.04 Å². The van der Waals surface area contributed by atoms with Crippen molar-refractivity contribution in [3.8, 4) is 5.75 Å². The Bertz CT molecular complexity index is 718. The van der Waals surface area contributed by atoms with Crippen LogP contribution >= 0.6 is 0 Å². The maximum Gasteiger partial charge on any atom is 0.241 e. The molecule has 0 aromatic heterocycles. The minimum Gasteiger partial charge on any atom is -0.492 e. The van der Waals surface area contributed by atoms with Gasteiger partial charge in [-0.05, 0) is 23.3 Å². The molecule has 1 amide bonds. The Labute approximate surface area is 160 Å². The molecule has 27 heavy (non-hydrogen) atoms. The first-order valence-electron chi connectivity index (χ1n) is 9.32. The molecule has 3 N–H and O–H groups in total. The number of rotatable bonds is 8. The quantitative estimate of drug-likeness (QED) is 0.741. The van der Waals surface area contributed by atoms with Gasteiger partial charge in [-0.2, -0.15) is 0 Å². The summed E-state index contributed by atoms with van der Waals surface area (Å²) in [6, 6.07) is 16.5. The van der Waals surface area contributed by atoms with E-state index in [4.69, 9.17) is 15.2 Å². The van der Waals surface area contributed by atoms with Gasteiger partial charge in [0.1, 0.15) is 18.4 Å². The normalized spacial score (nSPS) is 15.9. The topological polar surface area (TPSA) is 76.8 Å². The third kappa shape index (κ3) is 6.06. The number of nitrogens with one attached hydrogen (secondary N) is 1. The van der Waals surface area contributed by atoms with E-state index in [0.717, 1.165) is 49.7 Å². The third-order valence-electron chi connectivity index (χ3n) is 4.59. The van der Waals surface area contributed by atoms with Crippen molar-refractivity contribution < 1.29 is 14.3 Å². The van der Waals surface area contributed by atoms with Crippen LogP contribution in [0.1, 0.15) is 17.2 Å². The van der Waals surface area contributed by atoms with Gasteiger partial charge in [-0.25, -0.2) is 0 Å². The number of amides is 1. The summed E-state index contributed by atoms with van der Waals surface area (Å²) in [5.74, 6) is 0.613. The van der Waals surface area contributed by atoms with Crippen molar-refractivity contribution in [3.63, 3.8) is 0 Å². The molecule has 0 saturated carbocycles. The maximum atomic E-state index is 12.3. The van der Waals surface area contributed by atoms with Crippen LogP contribution in [-0.2, 0) is 16.1 Å². The summed E-state index contributed by atoms with van der Waals surface area (Å²) in [4.78, 5) is 14.6. The van der Waals surface area contributed by atoms with Crippen molar-refractivity contribution in [3.05, 3.63) is 65.7 Å². The van der Waals surface area contributed by atoms with Crippen molar-refractivity contribution in [2.75, 3.05) is 39.5 Å². The standard InChI is InChI=1S/C21H27N3O3/c22-20(18-6-2-1-3-7-18)21(25)23-16-17-5-4-8-19(15-17)27-14-11-24-9-12-26-13-10-24/h1-8,15,20H,9-14,16,22H2,(H,23,25). The van der Waals surface area contributed by atoms with Gasteiger partial charge in [0.05, 0.1) is 13.2 Å². The highest BCUT2D eigenvalue weighted by Crippen LogP contribution is 2.14. The van der Waals surface area contributed by atoms with E-state index >= 15 is 0 Å². The van der Waals surface area contributed by atoms with Crippen LogP contribution < -0.4 is 15.8 Å². The molecule has 2 aromatic carbocycles. The van der Waals surface area contributed by atoms with Crippen LogP contribution in [0.15, 0.2) is 54.6 Å². The number of ether oxygens (including phenoxy) is 2. The second kappa shape index (κ2) is 10.1. The second-order valence-electron chi connectivity index (χ2n) is 6.56. The SMILES string of the molecule is NC(C(=O)NCc1cccc(OCCN2CCOCC2)c1)c1ccccc1. The number of hydrogen-bond acceptors (Lipinski definition) is 5. The zero-order valence-corrected chi connectivity index (χ0v) is 15.5. The lowest BCUT2D eigenvalue weighted by Gasteiger charge is -2.26. The fourth-order valence-electron chi connectivity index (χ4n) is 2.97. The molecule has 1 heterocycles. The first-order valence-corrected chi connectivity index (χ1v) is 9.32. The Morgan fingerprint density at radius 3 is 2.70 bits per heavy atom. The smallest absolute Gasteiger partial charge is 0.241 e. The fourth-order valence-corrected chi connectivity index (χ4v) is 2.97. The summed E-state index contributed by atoms with van der Waals surface area (Å²) in [6.45, 7) is 5.43. The molecule has 1 aliphatic rings. The molecule has 1 fully saturated rings. The van der Waals surface area contributed by atoms with Gasteiger partial charge in [-0.1, -0.05) is 42.5 Å². The summed E-state index contributed by atoms with van der Waals surface area (Å²) in [6.07, 6.45) is 0. The Balaban J connectivity index is 1.45. The van der Waals surface area contributed by atoms with Gasteiger partial charge in [-0.15, -0.1) is 0 Å². The molecule has 144 valence electrons. The van der Waals surface area contributed by atoms with Crippen molar-refractivity contribution in [2.24, 2.45) is 5.73 Å². The number of nitrogens with two attached hydrogens (primary N) is 1. The molecule has 3 rings (SSSR count). The largest absolute Gasteiger partial charge is 0.492 e. The van der Waals surface area contributed by atoms with Crippen LogP contribution in [0, 0.1) is 0 Å². The zero-order chi connectivity index (χ0) is 18.9. The molecule has 1 saturated heterocycles. The lowest BCUT2D eigenvalue weighted by atomic mass is 10.1. The highest BCUT2D eigenvalue weighted by Gasteiger charge is 2.15. The molecular weight excluding hydrogens is 342 g/mol. The van der Waals surface area contributed by atoms with Gasteiger partial charge < -0.3 is 20.5 Å². The van der Waals surface area contributed by atoms with Crippen LogP contribution in [-0.4, -0.2) is 50.3 Å². The van der Waals surface area contributed by atoms with E-state index in [1.165, 1.54) is 0 Å². The van der Waals surface area contributed by atoms with E-state index in [9.17, 15) is 4.79 Å². The van der Waals surface area contributed by atoms with Crippen LogP contribution in [0.5, 0.6) is 5.75 Å². The Hall–Kier alpha value is -2.41. The first kappa shape index (κ1) is 19.4. The molecule has 2 aromatic rings. The fraction of sp³-hybridized carbons (Fsp3) is 0.381. The first-order chi connectivity index (χ1) is 13.2. The predicted molar refractivity (Wildman–Crippen MR) is 104 cm³/mol. The summed E-state index contributed by atoms with van der Waals surface area (Å²) in [5.41, 5.74) is 7.80. The molecular formula is C21H27N3O3. The van der Waals surface area contributed by atoms with E-state index in [1.807, 2.05) is 54.6 Å². The summed E-state index contributed by atoms with van der Waals surface area (Å²) >= 11 is 0. The van der Waals surface area contributed by atoms with Gasteiger partial charge >= 0.3 is 0 Å². The van der Waals surface area contributed by atoms with Crippen LogP contribution in [0.3, 0.4) is 0 Å². The highest BCUT2D eigenvalue weighted by atomic mass is 16.5. The number of hydrogen-bond donors (Lipinski definition) is 2. The van der Waals surface area contributed by atoms with Crippen molar-refractivity contribution >= 4 is 5.91 Å². The molecule has 0 radical (unpaired) electrons. The van der Waals surface area contributed by atoms with Gasteiger partial charge in [0.25, 0.3) is 0 Å². The molecule has 1 unspecified atom stereocenters. The minimum absolute atomic E-state index is 0.195. The zero-order valence-electron chi connectivity index (χ0n) is 15.5. The van der Waals surface area contributed by atoms with Crippen LogP contribution in [0.25, 0.3) is 0 Å². The van der Waals surface area contributed by atoms with Crippen molar-refractivity contribution in [2.45, 2.75) is 12.6 Å². The molecule has 0 aliphatic carbocycles. The average Bonchev–Trinajstić information content (AvgIpc) is 2.73. The molecule has 1 atom stereocenters.